The molecule has 3 N–H and O–H groups in total. The Balaban J connectivity index is 1.60. The van der Waals surface area contributed by atoms with E-state index in [9.17, 15) is 4.79 Å². The SMILES string of the molecule is NC(=O)OCCNC1CCC2(CC1)OCCO2. The van der Waals surface area contributed by atoms with E-state index in [-0.39, 0.29) is 5.79 Å². The van der Waals surface area contributed by atoms with Crippen molar-refractivity contribution in [2.75, 3.05) is 26.4 Å². The van der Waals surface area contributed by atoms with Gasteiger partial charge in [0.1, 0.15) is 6.61 Å². The number of rotatable bonds is 4. The van der Waals surface area contributed by atoms with Gasteiger partial charge in [0.25, 0.3) is 0 Å². The largest absolute Gasteiger partial charge is 0.448 e. The van der Waals surface area contributed by atoms with E-state index in [1.54, 1.807) is 0 Å². The van der Waals surface area contributed by atoms with E-state index < -0.39 is 6.09 Å². The molecule has 0 unspecified atom stereocenters. The lowest BCUT2D eigenvalue weighted by atomic mass is 9.90. The first-order valence-corrected chi connectivity index (χ1v) is 6.14. The van der Waals surface area contributed by atoms with Crippen molar-refractivity contribution < 1.29 is 19.0 Å². The predicted octanol–water partition coefficient (Wildman–Crippen LogP) is 0.357. The molecular formula is C11H20N2O4. The van der Waals surface area contributed by atoms with Gasteiger partial charge in [-0.3, -0.25) is 0 Å². The standard InChI is InChI=1S/C11H20N2O4/c12-10(14)15-6-5-13-9-1-3-11(4-2-9)16-7-8-17-11/h9,13H,1-8H2,(H2,12,14). The average molecular weight is 244 g/mol. The summed E-state index contributed by atoms with van der Waals surface area (Å²) < 4.78 is 16.0. The molecular weight excluding hydrogens is 224 g/mol. The van der Waals surface area contributed by atoms with Crippen LogP contribution in [0.25, 0.3) is 0 Å². The number of carbonyl (C=O) groups excluding carboxylic acids is 1. The van der Waals surface area contributed by atoms with Gasteiger partial charge in [-0.25, -0.2) is 4.79 Å². The first-order valence-electron chi connectivity index (χ1n) is 6.14. The molecule has 98 valence electrons. The molecule has 1 heterocycles. The van der Waals surface area contributed by atoms with Gasteiger partial charge in [0, 0.05) is 25.4 Å². The molecule has 17 heavy (non-hydrogen) atoms. The average Bonchev–Trinajstić information content (AvgIpc) is 2.75. The first kappa shape index (κ1) is 12.6. The molecule has 1 amide bonds. The molecule has 2 aliphatic rings. The monoisotopic (exact) mass is 244 g/mol. The molecule has 0 bridgehead atoms. The zero-order chi connectivity index (χ0) is 12.1. The second kappa shape index (κ2) is 5.66. The van der Waals surface area contributed by atoms with Gasteiger partial charge in [0.15, 0.2) is 5.79 Å². The number of amides is 1. The summed E-state index contributed by atoms with van der Waals surface area (Å²) in [6, 6.07) is 0.449. The predicted molar refractivity (Wildman–Crippen MR) is 60.4 cm³/mol. The maximum absolute atomic E-state index is 10.4. The van der Waals surface area contributed by atoms with Crippen LogP contribution in [0.1, 0.15) is 25.7 Å². The van der Waals surface area contributed by atoms with Crippen LogP contribution < -0.4 is 11.1 Å². The van der Waals surface area contributed by atoms with Crippen molar-refractivity contribution in [3.63, 3.8) is 0 Å². The Hall–Kier alpha value is -0.850. The lowest BCUT2D eigenvalue weighted by molar-refractivity contribution is -0.179. The van der Waals surface area contributed by atoms with E-state index in [4.69, 9.17) is 15.2 Å². The minimum atomic E-state index is -0.720. The topological polar surface area (TPSA) is 82.8 Å². The summed E-state index contributed by atoms with van der Waals surface area (Å²) in [7, 11) is 0. The highest BCUT2D eigenvalue weighted by Gasteiger charge is 2.39. The molecule has 6 nitrogen and oxygen atoms in total. The van der Waals surface area contributed by atoms with Gasteiger partial charge in [-0.1, -0.05) is 0 Å². The number of ether oxygens (including phenoxy) is 3. The summed E-state index contributed by atoms with van der Waals surface area (Å²) in [5.41, 5.74) is 4.87. The number of carbonyl (C=O) groups is 1. The van der Waals surface area contributed by atoms with E-state index >= 15 is 0 Å². The third kappa shape index (κ3) is 3.55. The van der Waals surface area contributed by atoms with Crippen molar-refractivity contribution in [1.82, 2.24) is 5.32 Å². The summed E-state index contributed by atoms with van der Waals surface area (Å²) in [5.74, 6) is -0.304. The van der Waals surface area contributed by atoms with Gasteiger partial charge >= 0.3 is 6.09 Å². The van der Waals surface area contributed by atoms with E-state index in [1.165, 1.54) is 0 Å². The van der Waals surface area contributed by atoms with Crippen molar-refractivity contribution in [3.05, 3.63) is 0 Å². The van der Waals surface area contributed by atoms with Crippen LogP contribution in [-0.4, -0.2) is 44.3 Å². The minimum Gasteiger partial charge on any atom is -0.448 e. The second-order valence-electron chi connectivity index (χ2n) is 4.50. The Morgan fingerprint density at radius 1 is 1.35 bits per heavy atom. The van der Waals surface area contributed by atoms with E-state index in [1.807, 2.05) is 0 Å². The Kier molecular flexibility index (Phi) is 4.20. The summed E-state index contributed by atoms with van der Waals surface area (Å²) in [4.78, 5) is 10.4. The molecule has 1 aliphatic heterocycles. The van der Waals surface area contributed by atoms with Crippen molar-refractivity contribution in [2.24, 2.45) is 5.73 Å². The lowest BCUT2D eigenvalue weighted by Crippen LogP contribution is -2.43. The number of nitrogens with two attached hydrogens (primary N) is 1. The highest BCUT2D eigenvalue weighted by molar-refractivity contribution is 5.64. The number of primary amides is 1. The van der Waals surface area contributed by atoms with Crippen molar-refractivity contribution in [3.8, 4) is 0 Å². The van der Waals surface area contributed by atoms with Crippen LogP contribution >= 0.6 is 0 Å². The molecule has 2 fully saturated rings. The Bertz CT molecular complexity index is 256. The van der Waals surface area contributed by atoms with Crippen molar-refractivity contribution in [1.29, 1.82) is 0 Å². The van der Waals surface area contributed by atoms with Crippen molar-refractivity contribution in [2.45, 2.75) is 37.5 Å². The molecule has 1 saturated carbocycles. The van der Waals surface area contributed by atoms with Gasteiger partial charge in [-0.15, -0.1) is 0 Å². The van der Waals surface area contributed by atoms with E-state index in [2.05, 4.69) is 10.1 Å². The highest BCUT2D eigenvalue weighted by Crippen LogP contribution is 2.35. The van der Waals surface area contributed by atoms with Crippen LogP contribution in [0.5, 0.6) is 0 Å². The fourth-order valence-corrected chi connectivity index (χ4v) is 2.46. The van der Waals surface area contributed by atoms with Crippen LogP contribution in [0.15, 0.2) is 0 Å². The number of hydrogen-bond donors (Lipinski definition) is 2. The Labute approximate surface area is 101 Å². The molecule has 1 saturated heterocycles. The molecule has 2 rings (SSSR count). The highest BCUT2D eigenvalue weighted by atomic mass is 16.7. The zero-order valence-corrected chi connectivity index (χ0v) is 9.94. The van der Waals surface area contributed by atoms with E-state index in [0.717, 1.165) is 25.7 Å². The van der Waals surface area contributed by atoms with Crippen molar-refractivity contribution >= 4 is 6.09 Å². The third-order valence-electron chi connectivity index (χ3n) is 3.34. The number of hydrogen-bond acceptors (Lipinski definition) is 5. The van der Waals surface area contributed by atoms with Crippen LogP contribution in [-0.2, 0) is 14.2 Å². The van der Waals surface area contributed by atoms with Crippen LogP contribution in [0.3, 0.4) is 0 Å². The van der Waals surface area contributed by atoms with Gasteiger partial charge in [0.05, 0.1) is 13.2 Å². The molecule has 0 radical (unpaired) electrons. The van der Waals surface area contributed by atoms with Crippen LogP contribution in [0.4, 0.5) is 4.79 Å². The minimum absolute atomic E-state index is 0.304. The third-order valence-corrected chi connectivity index (χ3v) is 3.34. The molecule has 0 aromatic rings. The summed E-state index contributed by atoms with van der Waals surface area (Å²) in [5, 5.41) is 3.34. The van der Waals surface area contributed by atoms with Gasteiger partial charge in [-0.2, -0.15) is 0 Å². The number of nitrogens with one attached hydrogen (secondary N) is 1. The lowest BCUT2D eigenvalue weighted by Gasteiger charge is -2.35. The Morgan fingerprint density at radius 3 is 2.59 bits per heavy atom. The summed E-state index contributed by atoms with van der Waals surface area (Å²) in [6.07, 6.45) is 3.19. The molecule has 0 aromatic carbocycles. The first-order chi connectivity index (χ1) is 8.20. The summed E-state index contributed by atoms with van der Waals surface area (Å²) >= 11 is 0. The molecule has 6 heteroatoms. The van der Waals surface area contributed by atoms with Crippen LogP contribution in [0.2, 0.25) is 0 Å². The quantitative estimate of drug-likeness (QED) is 0.698. The van der Waals surface area contributed by atoms with Gasteiger partial charge < -0.3 is 25.3 Å². The normalized spacial score (nSPS) is 24.0. The fourth-order valence-electron chi connectivity index (χ4n) is 2.46. The molecule has 1 spiro atoms. The van der Waals surface area contributed by atoms with Gasteiger partial charge in [0.2, 0.25) is 0 Å². The maximum atomic E-state index is 10.4. The maximum Gasteiger partial charge on any atom is 0.404 e. The van der Waals surface area contributed by atoms with Gasteiger partial charge in [-0.05, 0) is 12.8 Å². The van der Waals surface area contributed by atoms with E-state index in [0.29, 0.717) is 32.4 Å². The molecule has 1 aliphatic carbocycles. The fraction of sp³-hybridized carbons (Fsp3) is 0.909. The molecule has 0 aromatic heterocycles. The molecule has 0 atom stereocenters. The van der Waals surface area contributed by atoms with Crippen LogP contribution in [0, 0.1) is 0 Å². The smallest absolute Gasteiger partial charge is 0.404 e. The summed E-state index contributed by atoms with van der Waals surface area (Å²) in [6.45, 7) is 2.39. The second-order valence-corrected chi connectivity index (χ2v) is 4.50. The zero-order valence-electron chi connectivity index (χ0n) is 9.94. The Morgan fingerprint density at radius 2 is 2.00 bits per heavy atom.